The van der Waals surface area contributed by atoms with Crippen molar-refractivity contribution in [1.29, 1.82) is 0 Å². The minimum absolute atomic E-state index is 0.451. The lowest BCUT2D eigenvalue weighted by Crippen LogP contribution is -2.06. The summed E-state index contributed by atoms with van der Waals surface area (Å²) in [5, 5.41) is 21.6. The van der Waals surface area contributed by atoms with E-state index >= 15 is 0 Å². The summed E-state index contributed by atoms with van der Waals surface area (Å²) in [4.78, 5) is 0. The Bertz CT molecular complexity index is 1560. The van der Waals surface area contributed by atoms with E-state index in [-0.39, 0.29) is 0 Å². The lowest BCUT2D eigenvalue weighted by molar-refractivity contribution is 0.864. The van der Waals surface area contributed by atoms with Gasteiger partial charge in [0.25, 0.3) is 0 Å². The van der Waals surface area contributed by atoms with Crippen LogP contribution in [0.3, 0.4) is 0 Å². The molecule has 0 atom stereocenters. The summed E-state index contributed by atoms with van der Waals surface area (Å²) in [6.07, 6.45) is 0. The van der Waals surface area contributed by atoms with E-state index < -0.39 is 0 Å². The normalized spacial score (nSPS) is 11.8. The molecule has 3 aromatic carbocycles. The number of nitrogens with zero attached hydrogens (tertiary/aromatic N) is 6. The molecule has 6 aromatic rings. The molecule has 3 aromatic heterocycles. The second kappa shape index (κ2) is 7.32. The van der Waals surface area contributed by atoms with Crippen LogP contribution in [-0.2, 0) is 0 Å². The van der Waals surface area contributed by atoms with Crippen molar-refractivity contribution in [2.45, 2.75) is 0 Å². The maximum absolute atomic E-state index is 6.52. The monoisotopic (exact) mass is 498 g/mol. The van der Waals surface area contributed by atoms with E-state index in [9.17, 15) is 0 Å². The van der Waals surface area contributed by atoms with Gasteiger partial charge in [-0.25, -0.2) is 9.03 Å². The molecule has 10 heteroatoms. The lowest BCUT2D eigenvalue weighted by Gasteiger charge is -2.11. The van der Waals surface area contributed by atoms with Gasteiger partial charge < -0.3 is 0 Å². The first-order valence-corrected chi connectivity index (χ1v) is 11.0. The lowest BCUT2D eigenvalue weighted by atomic mass is 10.1. The van der Waals surface area contributed by atoms with Gasteiger partial charge in [-0.15, -0.1) is 20.4 Å². The molecule has 0 fully saturated rings. The van der Waals surface area contributed by atoms with Crippen LogP contribution in [0, 0.1) is 0 Å². The molecule has 0 spiro atoms. The van der Waals surface area contributed by atoms with E-state index in [0.717, 1.165) is 10.8 Å². The molecular formula is C22H10Cl4N6. The summed E-state index contributed by atoms with van der Waals surface area (Å²) in [5.74, 6) is 1.03. The van der Waals surface area contributed by atoms with Crippen LogP contribution < -0.4 is 0 Å². The van der Waals surface area contributed by atoms with E-state index in [1.807, 2.05) is 33.3 Å². The Labute approximate surface area is 200 Å². The summed E-state index contributed by atoms with van der Waals surface area (Å²) in [6, 6.07) is 18.3. The first kappa shape index (κ1) is 19.8. The molecule has 156 valence electrons. The zero-order valence-corrected chi connectivity index (χ0v) is 19.0. The van der Waals surface area contributed by atoms with Crippen molar-refractivity contribution in [1.82, 2.24) is 29.4 Å². The number of benzene rings is 3. The molecule has 0 N–H and O–H groups in total. The van der Waals surface area contributed by atoms with Gasteiger partial charge in [-0.1, -0.05) is 70.7 Å². The molecule has 3 heterocycles. The number of fused-ring (bicyclic) bond motifs is 6. The van der Waals surface area contributed by atoms with Gasteiger partial charge in [-0.2, -0.15) is 0 Å². The standard InChI is InChI=1S/C22H10Cl4N6/c23-11-5-7-15(17(25)9-11)21-29-27-19-13-3-1-2-4-14(13)20-28-30-22(32(20)31(19)21)16-8-6-12(24)10-18(16)26/h1-10H. The highest BCUT2D eigenvalue weighted by atomic mass is 35.5. The molecule has 0 saturated heterocycles. The second-order valence-electron chi connectivity index (χ2n) is 7.11. The van der Waals surface area contributed by atoms with E-state index in [1.165, 1.54) is 0 Å². The molecule has 0 aliphatic carbocycles. The molecule has 32 heavy (non-hydrogen) atoms. The van der Waals surface area contributed by atoms with Crippen molar-refractivity contribution in [3.63, 3.8) is 0 Å². The smallest absolute Gasteiger partial charge is 0.185 e. The largest absolute Gasteiger partial charge is 0.204 e. The molecule has 6 rings (SSSR count). The number of rotatable bonds is 2. The molecule has 0 amide bonds. The number of halogens is 4. The van der Waals surface area contributed by atoms with Crippen molar-refractivity contribution in [3.05, 3.63) is 80.8 Å². The number of aromatic nitrogens is 6. The average Bonchev–Trinajstić information content (AvgIpc) is 3.39. The van der Waals surface area contributed by atoms with Gasteiger partial charge in [-0.3, -0.25) is 0 Å². The van der Waals surface area contributed by atoms with Gasteiger partial charge >= 0.3 is 0 Å². The molecule has 6 nitrogen and oxygen atoms in total. The van der Waals surface area contributed by atoms with Gasteiger partial charge in [0.15, 0.2) is 22.9 Å². The predicted molar refractivity (Wildman–Crippen MR) is 128 cm³/mol. The fourth-order valence-corrected chi connectivity index (χ4v) is 4.81. The fraction of sp³-hybridized carbons (Fsp3) is 0. The highest BCUT2D eigenvalue weighted by Crippen LogP contribution is 2.35. The predicted octanol–water partition coefficient (Wildman–Crippen LogP) is 6.87. The van der Waals surface area contributed by atoms with Crippen molar-refractivity contribution in [2.75, 3.05) is 0 Å². The Morgan fingerprint density at radius 3 is 1.38 bits per heavy atom. The van der Waals surface area contributed by atoms with E-state index in [1.54, 1.807) is 36.4 Å². The minimum Gasteiger partial charge on any atom is -0.204 e. The van der Waals surface area contributed by atoms with E-state index in [0.29, 0.717) is 54.2 Å². The molecule has 0 radical (unpaired) electrons. The first-order valence-electron chi connectivity index (χ1n) is 9.45. The summed E-state index contributed by atoms with van der Waals surface area (Å²) in [6.45, 7) is 0. The molecular weight excluding hydrogens is 490 g/mol. The van der Waals surface area contributed by atoms with Crippen molar-refractivity contribution in [2.24, 2.45) is 0 Å². The van der Waals surface area contributed by atoms with Crippen LogP contribution in [0.4, 0.5) is 0 Å². The Morgan fingerprint density at radius 2 is 0.969 bits per heavy atom. The van der Waals surface area contributed by atoms with Crippen LogP contribution in [0.5, 0.6) is 0 Å². The third kappa shape index (κ3) is 2.88. The van der Waals surface area contributed by atoms with Gasteiger partial charge in [0.05, 0.1) is 10.0 Å². The SMILES string of the molecule is Clc1ccc(-c2nnc3c4ccccc4c4nnc(-c5ccc(Cl)cc5Cl)n4n23)c(Cl)c1. The van der Waals surface area contributed by atoms with Crippen LogP contribution >= 0.6 is 46.4 Å². The fourth-order valence-electron chi connectivity index (χ4n) is 3.82. The van der Waals surface area contributed by atoms with Crippen LogP contribution in [-0.4, -0.2) is 29.4 Å². The first-order chi connectivity index (χ1) is 15.5. The van der Waals surface area contributed by atoms with Gasteiger partial charge in [0, 0.05) is 31.9 Å². The quantitative estimate of drug-likeness (QED) is 0.260. The van der Waals surface area contributed by atoms with Crippen molar-refractivity contribution in [3.8, 4) is 22.8 Å². The summed E-state index contributed by atoms with van der Waals surface area (Å²) in [7, 11) is 0. The third-order valence-corrected chi connectivity index (χ3v) is 6.33. The summed E-state index contributed by atoms with van der Waals surface area (Å²) < 4.78 is 3.68. The minimum atomic E-state index is 0.451. The molecule has 0 unspecified atom stereocenters. The van der Waals surface area contributed by atoms with Crippen LogP contribution in [0.2, 0.25) is 20.1 Å². The molecule has 0 aliphatic rings. The third-order valence-electron chi connectivity index (χ3n) is 5.23. The maximum Gasteiger partial charge on any atom is 0.185 e. The van der Waals surface area contributed by atoms with Crippen molar-refractivity contribution >= 4 is 68.5 Å². The molecule has 0 saturated carbocycles. The Morgan fingerprint density at radius 1 is 0.531 bits per heavy atom. The Balaban J connectivity index is 1.81. The number of hydrogen-bond acceptors (Lipinski definition) is 4. The Hall–Kier alpha value is -2.90. The van der Waals surface area contributed by atoms with Gasteiger partial charge in [0.2, 0.25) is 0 Å². The van der Waals surface area contributed by atoms with Crippen LogP contribution in [0.25, 0.3) is 44.8 Å². The van der Waals surface area contributed by atoms with Crippen LogP contribution in [0.1, 0.15) is 0 Å². The Kier molecular flexibility index (Phi) is 4.52. The zero-order valence-electron chi connectivity index (χ0n) is 16.0. The van der Waals surface area contributed by atoms with Crippen LogP contribution in [0.15, 0.2) is 60.7 Å². The van der Waals surface area contributed by atoms with Crippen molar-refractivity contribution < 1.29 is 0 Å². The zero-order chi connectivity index (χ0) is 22.0. The summed E-state index contributed by atoms with van der Waals surface area (Å²) >= 11 is 25.3. The highest BCUT2D eigenvalue weighted by molar-refractivity contribution is 6.37. The van der Waals surface area contributed by atoms with E-state index in [2.05, 4.69) is 20.4 Å². The molecule has 0 bridgehead atoms. The van der Waals surface area contributed by atoms with Gasteiger partial charge in [-0.05, 0) is 36.4 Å². The second-order valence-corrected chi connectivity index (χ2v) is 8.80. The molecule has 0 aliphatic heterocycles. The summed E-state index contributed by atoms with van der Waals surface area (Å²) in [5.41, 5.74) is 2.59. The number of hydrogen-bond donors (Lipinski definition) is 0. The topological polar surface area (TPSA) is 60.4 Å². The average molecular weight is 500 g/mol. The maximum atomic E-state index is 6.52. The van der Waals surface area contributed by atoms with E-state index in [4.69, 9.17) is 46.4 Å². The highest BCUT2D eigenvalue weighted by Gasteiger charge is 2.22. The van der Waals surface area contributed by atoms with Gasteiger partial charge in [0.1, 0.15) is 0 Å².